The van der Waals surface area contributed by atoms with Crippen molar-refractivity contribution in [1.29, 1.82) is 0 Å². The lowest BCUT2D eigenvalue weighted by Crippen LogP contribution is -2.48. The minimum Gasteiger partial charge on any atom is -0.374 e. The molecule has 3 heterocycles. The van der Waals surface area contributed by atoms with Gasteiger partial charge in [-0.1, -0.05) is 6.07 Å². The molecule has 2 aromatic heterocycles. The standard InChI is InChI=1S/C18H25N5O2/c1-14-9-15(2)23(21-14)12-17-11-22(7-8-25-17)13-18(24)20-10-16-5-3-4-6-19-16/h3-6,9,17H,7-8,10-13H2,1-2H3,(H,20,24)/t17-/m1/s1. The van der Waals surface area contributed by atoms with Crippen molar-refractivity contribution in [3.8, 4) is 0 Å². The van der Waals surface area contributed by atoms with E-state index in [2.05, 4.69) is 26.4 Å². The van der Waals surface area contributed by atoms with E-state index in [0.29, 0.717) is 26.2 Å². The Morgan fingerprint density at radius 3 is 3.00 bits per heavy atom. The molecule has 1 aliphatic rings. The molecule has 0 saturated carbocycles. The molecule has 7 nitrogen and oxygen atoms in total. The maximum atomic E-state index is 12.2. The molecule has 0 bridgehead atoms. The van der Waals surface area contributed by atoms with Crippen molar-refractivity contribution in [3.63, 3.8) is 0 Å². The highest BCUT2D eigenvalue weighted by atomic mass is 16.5. The number of morpholine rings is 1. The van der Waals surface area contributed by atoms with Crippen molar-refractivity contribution < 1.29 is 9.53 Å². The lowest BCUT2D eigenvalue weighted by Gasteiger charge is -2.32. The van der Waals surface area contributed by atoms with Crippen LogP contribution in [0, 0.1) is 13.8 Å². The molecule has 1 saturated heterocycles. The van der Waals surface area contributed by atoms with Crippen LogP contribution in [0.4, 0.5) is 0 Å². The van der Waals surface area contributed by atoms with Gasteiger partial charge in [0.2, 0.25) is 5.91 Å². The number of nitrogens with one attached hydrogen (secondary N) is 1. The van der Waals surface area contributed by atoms with Crippen molar-refractivity contribution in [1.82, 2.24) is 25.0 Å². The van der Waals surface area contributed by atoms with Crippen LogP contribution in [-0.4, -0.2) is 57.9 Å². The van der Waals surface area contributed by atoms with Crippen molar-refractivity contribution >= 4 is 5.91 Å². The molecule has 0 radical (unpaired) electrons. The van der Waals surface area contributed by atoms with Crippen molar-refractivity contribution in [2.75, 3.05) is 26.2 Å². The molecule has 1 N–H and O–H groups in total. The molecule has 0 aliphatic carbocycles. The largest absolute Gasteiger partial charge is 0.374 e. The van der Waals surface area contributed by atoms with Crippen LogP contribution in [-0.2, 0) is 22.6 Å². The van der Waals surface area contributed by atoms with Gasteiger partial charge in [-0.2, -0.15) is 5.10 Å². The number of aromatic nitrogens is 3. The van der Waals surface area contributed by atoms with E-state index in [1.807, 2.05) is 36.7 Å². The smallest absolute Gasteiger partial charge is 0.234 e. The van der Waals surface area contributed by atoms with Crippen LogP contribution >= 0.6 is 0 Å². The number of hydrogen-bond acceptors (Lipinski definition) is 5. The Morgan fingerprint density at radius 1 is 1.40 bits per heavy atom. The number of carbonyl (C=O) groups excluding carboxylic acids is 1. The summed E-state index contributed by atoms with van der Waals surface area (Å²) < 4.78 is 7.82. The fraction of sp³-hybridized carbons (Fsp3) is 0.500. The van der Waals surface area contributed by atoms with E-state index in [1.165, 1.54) is 0 Å². The van der Waals surface area contributed by atoms with Crippen LogP contribution in [0.15, 0.2) is 30.5 Å². The van der Waals surface area contributed by atoms with Crippen LogP contribution in [0.5, 0.6) is 0 Å². The average Bonchev–Trinajstić information content (AvgIpc) is 2.91. The molecule has 1 fully saturated rings. The summed E-state index contributed by atoms with van der Waals surface area (Å²) in [6, 6.07) is 7.74. The normalized spacial score (nSPS) is 18.2. The Kier molecular flexibility index (Phi) is 5.78. The van der Waals surface area contributed by atoms with Gasteiger partial charge in [-0.15, -0.1) is 0 Å². The number of pyridine rings is 1. The van der Waals surface area contributed by atoms with Gasteiger partial charge in [0.15, 0.2) is 0 Å². The summed E-state index contributed by atoms with van der Waals surface area (Å²) >= 11 is 0. The molecule has 0 unspecified atom stereocenters. The van der Waals surface area contributed by atoms with E-state index in [1.54, 1.807) is 6.20 Å². The molecule has 2 aromatic rings. The number of nitrogens with zero attached hydrogens (tertiary/aromatic N) is 4. The van der Waals surface area contributed by atoms with Gasteiger partial charge in [0, 0.05) is 25.0 Å². The summed E-state index contributed by atoms with van der Waals surface area (Å²) in [5, 5.41) is 7.41. The van der Waals surface area contributed by atoms with E-state index in [4.69, 9.17) is 4.74 Å². The maximum absolute atomic E-state index is 12.2. The number of ether oxygens (including phenoxy) is 1. The van der Waals surface area contributed by atoms with Crippen LogP contribution in [0.3, 0.4) is 0 Å². The molecular formula is C18H25N5O2. The van der Waals surface area contributed by atoms with Gasteiger partial charge < -0.3 is 10.1 Å². The zero-order chi connectivity index (χ0) is 17.6. The third kappa shape index (κ3) is 5.11. The van der Waals surface area contributed by atoms with Crippen LogP contribution in [0.2, 0.25) is 0 Å². The predicted molar refractivity (Wildman–Crippen MR) is 94.0 cm³/mol. The summed E-state index contributed by atoms with van der Waals surface area (Å²) in [5.74, 6) is 0.0115. The first-order valence-electron chi connectivity index (χ1n) is 8.62. The molecule has 1 atom stereocenters. The Morgan fingerprint density at radius 2 is 2.28 bits per heavy atom. The quantitative estimate of drug-likeness (QED) is 0.844. The summed E-state index contributed by atoms with van der Waals surface area (Å²) in [5.41, 5.74) is 3.01. The lowest BCUT2D eigenvalue weighted by atomic mass is 10.2. The molecule has 0 aromatic carbocycles. The second-order valence-corrected chi connectivity index (χ2v) is 6.43. The molecular weight excluding hydrogens is 318 g/mol. The average molecular weight is 343 g/mol. The topological polar surface area (TPSA) is 72.3 Å². The first-order chi connectivity index (χ1) is 12.1. The highest BCUT2D eigenvalue weighted by molar-refractivity contribution is 5.77. The molecule has 0 spiro atoms. The number of amides is 1. The summed E-state index contributed by atoms with van der Waals surface area (Å²) in [6.07, 6.45) is 1.78. The van der Waals surface area contributed by atoms with E-state index in [9.17, 15) is 4.79 Å². The van der Waals surface area contributed by atoms with Crippen molar-refractivity contribution in [3.05, 3.63) is 47.5 Å². The second-order valence-electron chi connectivity index (χ2n) is 6.43. The Hall–Kier alpha value is -2.25. The van der Waals surface area contributed by atoms with Crippen LogP contribution in [0.1, 0.15) is 17.1 Å². The van der Waals surface area contributed by atoms with E-state index >= 15 is 0 Å². The van der Waals surface area contributed by atoms with Gasteiger partial charge in [0.1, 0.15) is 0 Å². The Balaban J connectivity index is 1.46. The molecule has 25 heavy (non-hydrogen) atoms. The highest BCUT2D eigenvalue weighted by Crippen LogP contribution is 2.10. The minimum atomic E-state index is 0.0115. The van der Waals surface area contributed by atoms with Gasteiger partial charge in [-0.25, -0.2) is 0 Å². The summed E-state index contributed by atoms with van der Waals surface area (Å²) in [4.78, 5) is 18.5. The first kappa shape index (κ1) is 17.6. The van der Waals surface area contributed by atoms with Gasteiger partial charge in [-0.3, -0.25) is 19.4 Å². The fourth-order valence-corrected chi connectivity index (χ4v) is 3.04. The molecule has 3 rings (SSSR count). The van der Waals surface area contributed by atoms with Crippen molar-refractivity contribution in [2.45, 2.75) is 33.0 Å². The predicted octanol–water partition coefficient (Wildman–Crippen LogP) is 0.912. The Labute approximate surface area is 148 Å². The third-order valence-corrected chi connectivity index (χ3v) is 4.26. The van der Waals surface area contributed by atoms with E-state index in [0.717, 1.165) is 30.2 Å². The van der Waals surface area contributed by atoms with Crippen LogP contribution in [0.25, 0.3) is 0 Å². The molecule has 7 heteroatoms. The second kappa shape index (κ2) is 8.22. The monoisotopic (exact) mass is 343 g/mol. The zero-order valence-electron chi connectivity index (χ0n) is 14.8. The van der Waals surface area contributed by atoms with Gasteiger partial charge >= 0.3 is 0 Å². The third-order valence-electron chi connectivity index (χ3n) is 4.26. The van der Waals surface area contributed by atoms with Gasteiger partial charge in [0.25, 0.3) is 0 Å². The first-order valence-corrected chi connectivity index (χ1v) is 8.62. The van der Waals surface area contributed by atoms with E-state index in [-0.39, 0.29) is 12.0 Å². The summed E-state index contributed by atoms with van der Waals surface area (Å²) in [6.45, 7) is 7.72. The van der Waals surface area contributed by atoms with Gasteiger partial charge in [0.05, 0.1) is 43.7 Å². The number of hydrogen-bond donors (Lipinski definition) is 1. The lowest BCUT2D eigenvalue weighted by molar-refractivity contribution is -0.124. The number of carbonyl (C=O) groups is 1. The fourth-order valence-electron chi connectivity index (χ4n) is 3.04. The SMILES string of the molecule is Cc1cc(C)n(C[C@H]2CN(CC(=O)NCc3ccccn3)CCO2)n1. The van der Waals surface area contributed by atoms with Crippen LogP contribution < -0.4 is 5.32 Å². The number of rotatable bonds is 6. The molecule has 134 valence electrons. The molecule has 1 amide bonds. The zero-order valence-corrected chi connectivity index (χ0v) is 14.8. The van der Waals surface area contributed by atoms with Gasteiger partial charge in [-0.05, 0) is 32.0 Å². The molecule has 1 aliphatic heterocycles. The highest BCUT2D eigenvalue weighted by Gasteiger charge is 2.23. The number of aryl methyl sites for hydroxylation is 2. The summed E-state index contributed by atoms with van der Waals surface area (Å²) in [7, 11) is 0. The van der Waals surface area contributed by atoms with Crippen molar-refractivity contribution in [2.24, 2.45) is 0 Å². The minimum absolute atomic E-state index is 0.0115. The Bertz CT molecular complexity index is 701. The maximum Gasteiger partial charge on any atom is 0.234 e. The van der Waals surface area contributed by atoms with E-state index < -0.39 is 0 Å².